The molecule has 3 heteroatoms. The fourth-order valence-corrected chi connectivity index (χ4v) is 2.99. The number of rotatable bonds is 6. The highest BCUT2D eigenvalue weighted by atomic mass is 35.5. The Morgan fingerprint density at radius 2 is 2.06 bits per heavy atom. The van der Waals surface area contributed by atoms with Gasteiger partial charge >= 0.3 is 0 Å². The molecule has 2 rings (SSSR count). The van der Waals surface area contributed by atoms with Crippen LogP contribution in [0.25, 0.3) is 0 Å². The van der Waals surface area contributed by atoms with Gasteiger partial charge in [-0.1, -0.05) is 30.2 Å². The molecule has 1 nitrogen and oxygen atoms in total. The van der Waals surface area contributed by atoms with Crippen molar-refractivity contribution >= 4 is 23.2 Å². The minimum Gasteiger partial charge on any atom is -0.378 e. The first kappa shape index (κ1) is 14.2. The molecule has 1 aromatic carbocycles. The molecule has 0 bridgehead atoms. The molecular weight excluding hydrogens is 267 g/mol. The summed E-state index contributed by atoms with van der Waals surface area (Å²) in [5.74, 6) is 1.11. The monoisotopic (exact) mass is 286 g/mol. The van der Waals surface area contributed by atoms with Gasteiger partial charge < -0.3 is 4.74 Å². The molecule has 1 aliphatic heterocycles. The molecule has 100 valence electrons. The zero-order valence-corrected chi connectivity index (χ0v) is 12.1. The number of benzene rings is 1. The topological polar surface area (TPSA) is 9.23 Å². The van der Waals surface area contributed by atoms with Crippen molar-refractivity contribution in [3.8, 4) is 0 Å². The normalized spacial score (nSPS) is 21.1. The Balaban J connectivity index is 1.79. The van der Waals surface area contributed by atoms with Gasteiger partial charge in [0, 0.05) is 17.5 Å². The summed E-state index contributed by atoms with van der Waals surface area (Å²) in [6.45, 7) is 0.945. The van der Waals surface area contributed by atoms with E-state index in [1.54, 1.807) is 0 Å². The quantitative estimate of drug-likeness (QED) is 0.668. The van der Waals surface area contributed by atoms with E-state index in [4.69, 9.17) is 27.9 Å². The van der Waals surface area contributed by atoms with E-state index < -0.39 is 0 Å². The lowest BCUT2D eigenvalue weighted by Gasteiger charge is -2.16. The molecule has 2 unspecified atom stereocenters. The third-order valence-corrected chi connectivity index (χ3v) is 4.25. The predicted molar refractivity (Wildman–Crippen MR) is 77.7 cm³/mol. The standard InChI is InChI=1S/C15H20Cl2O/c16-11-13(12-6-8-14(17)9-7-12)3-1-4-15-5-2-10-18-15/h6-9,13,15H,1-5,10-11H2. The van der Waals surface area contributed by atoms with Crippen LogP contribution in [0.15, 0.2) is 24.3 Å². The largest absolute Gasteiger partial charge is 0.378 e. The Hall–Kier alpha value is -0.240. The molecule has 0 spiro atoms. The van der Waals surface area contributed by atoms with E-state index >= 15 is 0 Å². The van der Waals surface area contributed by atoms with E-state index in [0.29, 0.717) is 17.9 Å². The molecule has 18 heavy (non-hydrogen) atoms. The molecule has 0 amide bonds. The molecule has 2 atom stereocenters. The van der Waals surface area contributed by atoms with Crippen molar-refractivity contribution in [2.75, 3.05) is 12.5 Å². The highest BCUT2D eigenvalue weighted by Gasteiger charge is 2.16. The van der Waals surface area contributed by atoms with Gasteiger partial charge in [-0.05, 0) is 49.3 Å². The minimum absolute atomic E-state index is 0.435. The molecular formula is C15H20Cl2O. The summed E-state index contributed by atoms with van der Waals surface area (Å²) >= 11 is 12.0. The van der Waals surface area contributed by atoms with Crippen molar-refractivity contribution in [2.24, 2.45) is 0 Å². The molecule has 1 saturated heterocycles. The zero-order chi connectivity index (χ0) is 12.8. The van der Waals surface area contributed by atoms with Crippen molar-refractivity contribution < 1.29 is 4.74 Å². The lowest BCUT2D eigenvalue weighted by molar-refractivity contribution is 0.102. The fraction of sp³-hybridized carbons (Fsp3) is 0.600. The highest BCUT2D eigenvalue weighted by molar-refractivity contribution is 6.30. The van der Waals surface area contributed by atoms with E-state index in [0.717, 1.165) is 18.1 Å². The average Bonchev–Trinajstić information content (AvgIpc) is 2.89. The van der Waals surface area contributed by atoms with Crippen molar-refractivity contribution in [1.29, 1.82) is 0 Å². The van der Waals surface area contributed by atoms with E-state index in [9.17, 15) is 0 Å². The van der Waals surface area contributed by atoms with Crippen LogP contribution in [0.2, 0.25) is 5.02 Å². The van der Waals surface area contributed by atoms with Gasteiger partial charge in [0.15, 0.2) is 0 Å². The summed E-state index contributed by atoms with van der Waals surface area (Å²) < 4.78 is 5.64. The van der Waals surface area contributed by atoms with Gasteiger partial charge in [-0.15, -0.1) is 11.6 Å². The molecule has 1 aromatic rings. The fourth-order valence-electron chi connectivity index (χ4n) is 2.53. The van der Waals surface area contributed by atoms with Crippen LogP contribution in [-0.2, 0) is 4.74 Å². The second-order valence-electron chi connectivity index (χ2n) is 4.97. The number of halogens is 2. The van der Waals surface area contributed by atoms with Gasteiger partial charge in [0.05, 0.1) is 6.10 Å². The third-order valence-electron chi connectivity index (χ3n) is 3.63. The van der Waals surface area contributed by atoms with Gasteiger partial charge in [-0.2, -0.15) is 0 Å². The van der Waals surface area contributed by atoms with Crippen LogP contribution in [0.4, 0.5) is 0 Å². The first-order chi connectivity index (χ1) is 8.79. The summed E-state index contributed by atoms with van der Waals surface area (Å²) in [4.78, 5) is 0. The molecule has 1 heterocycles. The van der Waals surface area contributed by atoms with Crippen molar-refractivity contribution in [2.45, 2.75) is 44.1 Å². The van der Waals surface area contributed by atoms with E-state index in [1.807, 2.05) is 12.1 Å². The number of alkyl halides is 1. The maximum atomic E-state index is 6.07. The molecule has 0 aliphatic carbocycles. The Morgan fingerprint density at radius 1 is 1.28 bits per heavy atom. The summed E-state index contributed by atoms with van der Waals surface area (Å²) in [7, 11) is 0. The van der Waals surface area contributed by atoms with Crippen molar-refractivity contribution in [1.82, 2.24) is 0 Å². The SMILES string of the molecule is ClCC(CCCC1CCCO1)c1ccc(Cl)cc1. The first-order valence-corrected chi connectivity index (χ1v) is 7.64. The summed E-state index contributed by atoms with van der Waals surface area (Å²) in [6, 6.07) is 8.05. The Morgan fingerprint density at radius 3 is 2.67 bits per heavy atom. The van der Waals surface area contributed by atoms with Crippen LogP contribution in [-0.4, -0.2) is 18.6 Å². The van der Waals surface area contributed by atoms with Crippen molar-refractivity contribution in [3.05, 3.63) is 34.9 Å². The van der Waals surface area contributed by atoms with Gasteiger partial charge in [-0.3, -0.25) is 0 Å². The van der Waals surface area contributed by atoms with Crippen molar-refractivity contribution in [3.63, 3.8) is 0 Å². The lowest BCUT2D eigenvalue weighted by Crippen LogP contribution is -2.07. The summed E-state index contributed by atoms with van der Waals surface area (Å²) in [5, 5.41) is 0.784. The second kappa shape index (κ2) is 7.37. The van der Waals surface area contributed by atoms with Gasteiger partial charge in [-0.25, -0.2) is 0 Å². The zero-order valence-electron chi connectivity index (χ0n) is 10.6. The van der Waals surface area contributed by atoms with Gasteiger partial charge in [0.25, 0.3) is 0 Å². The molecule has 0 aromatic heterocycles. The lowest BCUT2D eigenvalue weighted by atomic mass is 9.94. The van der Waals surface area contributed by atoms with E-state index in [-0.39, 0.29) is 0 Å². The average molecular weight is 287 g/mol. The van der Waals surface area contributed by atoms with Crippen LogP contribution < -0.4 is 0 Å². The van der Waals surface area contributed by atoms with Crippen LogP contribution in [0, 0.1) is 0 Å². The van der Waals surface area contributed by atoms with E-state index in [2.05, 4.69) is 12.1 Å². The minimum atomic E-state index is 0.435. The Kier molecular flexibility index (Phi) is 5.81. The summed E-state index contributed by atoms with van der Waals surface area (Å²) in [6.07, 6.45) is 6.43. The van der Waals surface area contributed by atoms with Crippen LogP contribution >= 0.6 is 23.2 Å². The van der Waals surface area contributed by atoms with Gasteiger partial charge in [0.1, 0.15) is 0 Å². The van der Waals surface area contributed by atoms with Crippen LogP contribution in [0.1, 0.15) is 43.6 Å². The smallest absolute Gasteiger partial charge is 0.0576 e. The van der Waals surface area contributed by atoms with E-state index in [1.165, 1.54) is 31.2 Å². The Bertz CT molecular complexity index is 344. The third kappa shape index (κ3) is 4.15. The highest BCUT2D eigenvalue weighted by Crippen LogP contribution is 2.26. The molecule has 0 radical (unpaired) electrons. The molecule has 1 aliphatic rings. The predicted octanol–water partition coefficient (Wildman–Crippen LogP) is 5.01. The van der Waals surface area contributed by atoms with Gasteiger partial charge in [0.2, 0.25) is 0 Å². The maximum Gasteiger partial charge on any atom is 0.0576 e. The molecule has 0 saturated carbocycles. The molecule has 1 fully saturated rings. The number of ether oxygens (including phenoxy) is 1. The second-order valence-corrected chi connectivity index (χ2v) is 5.71. The number of hydrogen-bond donors (Lipinski definition) is 0. The first-order valence-electron chi connectivity index (χ1n) is 6.72. The van der Waals surface area contributed by atoms with Crippen LogP contribution in [0.5, 0.6) is 0 Å². The summed E-state index contributed by atoms with van der Waals surface area (Å²) in [5.41, 5.74) is 1.29. The number of hydrogen-bond acceptors (Lipinski definition) is 1. The Labute approximate surface area is 119 Å². The molecule has 0 N–H and O–H groups in total. The van der Waals surface area contributed by atoms with Crippen LogP contribution in [0.3, 0.4) is 0 Å². The maximum absolute atomic E-state index is 6.07.